The topological polar surface area (TPSA) is 53.3 Å². The summed E-state index contributed by atoms with van der Waals surface area (Å²) < 4.78 is 1.66. The fourth-order valence-electron chi connectivity index (χ4n) is 1.78. The largest absolute Gasteiger partial charge is 0.388 e. The van der Waals surface area contributed by atoms with Crippen molar-refractivity contribution >= 4 is 6.20 Å². The number of aliphatic hydroxyl groups is 1. The van der Waals surface area contributed by atoms with E-state index < -0.39 is 5.60 Å². The van der Waals surface area contributed by atoms with Crippen molar-refractivity contribution in [2.24, 2.45) is 0 Å². The second kappa shape index (κ2) is 5.95. The predicted molar refractivity (Wildman–Crippen MR) is 69.5 cm³/mol. The molecule has 17 heavy (non-hydrogen) atoms. The third kappa shape index (κ3) is 5.12. The van der Waals surface area contributed by atoms with Gasteiger partial charge in [0.15, 0.2) is 0 Å². The molecule has 0 aliphatic rings. The van der Waals surface area contributed by atoms with E-state index in [0.717, 1.165) is 5.56 Å². The lowest BCUT2D eigenvalue weighted by atomic mass is 10.1. The molecule has 0 radical (unpaired) electrons. The van der Waals surface area contributed by atoms with Crippen molar-refractivity contribution in [3.63, 3.8) is 0 Å². The normalized spacial score (nSPS) is 14.9. The lowest BCUT2D eigenvalue weighted by Crippen LogP contribution is -2.45. The number of nitrogens with zero attached hydrogens (tertiary/aromatic N) is 3. The van der Waals surface area contributed by atoms with Crippen molar-refractivity contribution in [2.45, 2.75) is 19.1 Å². The predicted octanol–water partition coefficient (Wildman–Crippen LogP) is 0.386. The summed E-state index contributed by atoms with van der Waals surface area (Å²) in [6, 6.07) is 0. The van der Waals surface area contributed by atoms with E-state index in [1.54, 1.807) is 17.1 Å². The first-order valence-electron chi connectivity index (χ1n) is 5.66. The average Bonchev–Trinajstić information content (AvgIpc) is 2.63. The Hall–Kier alpha value is -1.17. The maximum Gasteiger partial charge on any atom is 0.0869 e. The summed E-state index contributed by atoms with van der Waals surface area (Å²) in [5.74, 6) is 0. The van der Waals surface area contributed by atoms with E-state index in [4.69, 9.17) is 0 Å². The van der Waals surface area contributed by atoms with Gasteiger partial charge in [-0.3, -0.25) is 0 Å². The van der Waals surface area contributed by atoms with Crippen molar-refractivity contribution in [3.8, 4) is 0 Å². The van der Waals surface area contributed by atoms with E-state index in [9.17, 15) is 5.11 Å². The molecule has 0 saturated heterocycles. The van der Waals surface area contributed by atoms with Crippen LogP contribution in [0.4, 0.5) is 0 Å². The molecule has 1 atom stereocenters. The molecule has 0 amide bonds. The highest BCUT2D eigenvalue weighted by Gasteiger charge is 2.20. The highest BCUT2D eigenvalue weighted by molar-refractivity contribution is 5.17. The summed E-state index contributed by atoms with van der Waals surface area (Å²) >= 11 is 0. The Balaban J connectivity index is 2.34. The van der Waals surface area contributed by atoms with Gasteiger partial charge in [-0.05, 0) is 21.0 Å². The van der Waals surface area contributed by atoms with Gasteiger partial charge in [-0.15, -0.1) is 0 Å². The van der Waals surface area contributed by atoms with Gasteiger partial charge in [0.2, 0.25) is 0 Å². The lowest BCUT2D eigenvalue weighted by Gasteiger charge is -2.27. The molecule has 1 aromatic rings. The Morgan fingerprint density at radius 1 is 1.65 bits per heavy atom. The Morgan fingerprint density at radius 3 is 2.88 bits per heavy atom. The molecule has 5 heteroatoms. The summed E-state index contributed by atoms with van der Waals surface area (Å²) in [5, 5.41) is 17.4. The molecule has 1 aromatic heterocycles. The van der Waals surface area contributed by atoms with Crippen LogP contribution in [-0.2, 0) is 6.54 Å². The smallest absolute Gasteiger partial charge is 0.0869 e. The van der Waals surface area contributed by atoms with Crippen molar-refractivity contribution in [1.29, 1.82) is 0 Å². The van der Waals surface area contributed by atoms with Crippen LogP contribution >= 0.6 is 0 Å². The number of likely N-dealkylation sites (N-methyl/N-ethyl adjacent to an activating group) is 1. The van der Waals surface area contributed by atoms with E-state index in [1.807, 2.05) is 32.1 Å². The Bertz CT molecular complexity index is 357. The first-order valence-corrected chi connectivity index (χ1v) is 5.66. The minimum absolute atomic E-state index is 0.546. The zero-order chi connectivity index (χ0) is 12.9. The molecular weight excluding hydrogens is 216 g/mol. The zero-order valence-corrected chi connectivity index (χ0v) is 10.8. The van der Waals surface area contributed by atoms with Crippen molar-refractivity contribution < 1.29 is 5.11 Å². The van der Waals surface area contributed by atoms with Crippen LogP contribution in [-0.4, -0.2) is 52.6 Å². The molecule has 1 rings (SSSR count). The first-order chi connectivity index (χ1) is 7.93. The second-order valence-corrected chi connectivity index (χ2v) is 4.85. The number of aromatic nitrogens is 2. The van der Waals surface area contributed by atoms with Crippen LogP contribution < -0.4 is 5.32 Å². The highest BCUT2D eigenvalue weighted by Crippen LogP contribution is 2.04. The quantitative estimate of drug-likeness (QED) is 0.721. The molecule has 0 bridgehead atoms. The molecule has 0 fully saturated rings. The number of nitrogens with one attached hydrogen (secondary N) is 1. The van der Waals surface area contributed by atoms with Crippen LogP contribution in [0, 0.1) is 0 Å². The van der Waals surface area contributed by atoms with Gasteiger partial charge in [0.25, 0.3) is 0 Å². The maximum atomic E-state index is 10.1. The number of hydrogen-bond acceptors (Lipinski definition) is 4. The molecule has 0 spiro atoms. The van der Waals surface area contributed by atoms with Gasteiger partial charge < -0.3 is 15.3 Å². The molecule has 2 N–H and O–H groups in total. The summed E-state index contributed by atoms with van der Waals surface area (Å²) in [6.07, 6.45) is 5.34. The third-order valence-electron chi connectivity index (χ3n) is 2.33. The monoisotopic (exact) mass is 238 g/mol. The SMILES string of the molecule is C=Cn1cc(CNCC(C)(O)CN(C)C)cn1. The molecule has 0 aromatic carbocycles. The lowest BCUT2D eigenvalue weighted by molar-refractivity contribution is 0.0336. The van der Waals surface area contributed by atoms with Gasteiger partial charge in [0.1, 0.15) is 0 Å². The molecule has 0 aliphatic carbocycles. The van der Waals surface area contributed by atoms with Crippen LogP contribution in [0.1, 0.15) is 12.5 Å². The highest BCUT2D eigenvalue weighted by atomic mass is 16.3. The fraction of sp³-hybridized carbons (Fsp3) is 0.583. The summed E-state index contributed by atoms with van der Waals surface area (Å²) in [6.45, 7) is 7.33. The van der Waals surface area contributed by atoms with Gasteiger partial charge in [-0.2, -0.15) is 5.10 Å². The van der Waals surface area contributed by atoms with E-state index in [-0.39, 0.29) is 0 Å². The maximum absolute atomic E-state index is 10.1. The van der Waals surface area contributed by atoms with Crippen LogP contribution in [0.2, 0.25) is 0 Å². The van der Waals surface area contributed by atoms with Crippen LogP contribution in [0.15, 0.2) is 19.0 Å². The molecular formula is C12H22N4O. The molecule has 96 valence electrons. The minimum atomic E-state index is -0.724. The van der Waals surface area contributed by atoms with E-state index in [0.29, 0.717) is 19.6 Å². The molecule has 1 unspecified atom stereocenters. The van der Waals surface area contributed by atoms with E-state index >= 15 is 0 Å². The number of hydrogen-bond donors (Lipinski definition) is 2. The van der Waals surface area contributed by atoms with E-state index in [1.165, 1.54) is 0 Å². The van der Waals surface area contributed by atoms with Gasteiger partial charge >= 0.3 is 0 Å². The summed E-state index contributed by atoms with van der Waals surface area (Å²) in [5.41, 5.74) is 0.350. The van der Waals surface area contributed by atoms with Crippen molar-refractivity contribution in [1.82, 2.24) is 20.0 Å². The molecule has 5 nitrogen and oxygen atoms in total. The Kier molecular flexibility index (Phi) is 4.86. The van der Waals surface area contributed by atoms with Crippen molar-refractivity contribution in [3.05, 3.63) is 24.5 Å². The van der Waals surface area contributed by atoms with Gasteiger partial charge in [-0.1, -0.05) is 6.58 Å². The standard InChI is InChI=1S/C12H22N4O/c1-5-16-8-11(7-14-16)6-13-9-12(2,17)10-15(3)4/h5,7-8,13,17H,1,6,9-10H2,2-4H3. The van der Waals surface area contributed by atoms with Crippen LogP contribution in [0.25, 0.3) is 6.20 Å². The van der Waals surface area contributed by atoms with Crippen LogP contribution in [0.5, 0.6) is 0 Å². The summed E-state index contributed by atoms with van der Waals surface area (Å²) in [7, 11) is 3.89. The average molecular weight is 238 g/mol. The molecule has 0 aliphatic heterocycles. The minimum Gasteiger partial charge on any atom is -0.388 e. The van der Waals surface area contributed by atoms with E-state index in [2.05, 4.69) is 17.0 Å². The number of rotatable bonds is 7. The van der Waals surface area contributed by atoms with Crippen LogP contribution in [0.3, 0.4) is 0 Å². The second-order valence-electron chi connectivity index (χ2n) is 4.85. The van der Waals surface area contributed by atoms with Gasteiger partial charge in [0, 0.05) is 37.6 Å². The molecule has 1 heterocycles. The first kappa shape index (κ1) is 13.9. The third-order valence-corrected chi connectivity index (χ3v) is 2.33. The Morgan fingerprint density at radius 2 is 2.35 bits per heavy atom. The fourth-order valence-corrected chi connectivity index (χ4v) is 1.78. The van der Waals surface area contributed by atoms with Gasteiger partial charge in [0.05, 0.1) is 11.8 Å². The molecule has 0 saturated carbocycles. The Labute approximate surface area is 103 Å². The summed E-state index contributed by atoms with van der Waals surface area (Å²) in [4.78, 5) is 1.97. The van der Waals surface area contributed by atoms with Crippen molar-refractivity contribution in [2.75, 3.05) is 27.2 Å². The van der Waals surface area contributed by atoms with Gasteiger partial charge in [-0.25, -0.2) is 4.68 Å². The zero-order valence-electron chi connectivity index (χ0n) is 10.8.